The highest BCUT2D eigenvalue weighted by Crippen LogP contribution is 1.91. The van der Waals surface area contributed by atoms with Gasteiger partial charge in [0, 0.05) is 19.4 Å². The summed E-state index contributed by atoms with van der Waals surface area (Å²) < 4.78 is 5.05. The SMILES string of the molecule is CCOCCN/C=C(\C(=N)NC=O)C(N)=O. The molecule has 0 fully saturated rings. The Labute approximate surface area is 93.5 Å². The van der Waals surface area contributed by atoms with Crippen LogP contribution in [0.2, 0.25) is 0 Å². The van der Waals surface area contributed by atoms with Crippen molar-refractivity contribution in [3.05, 3.63) is 11.8 Å². The summed E-state index contributed by atoms with van der Waals surface area (Å²) in [4.78, 5) is 21.0. The van der Waals surface area contributed by atoms with Gasteiger partial charge in [0.15, 0.2) is 0 Å². The molecule has 7 heteroatoms. The summed E-state index contributed by atoms with van der Waals surface area (Å²) >= 11 is 0. The molecule has 0 bridgehead atoms. The molecule has 16 heavy (non-hydrogen) atoms. The van der Waals surface area contributed by atoms with Gasteiger partial charge >= 0.3 is 0 Å². The van der Waals surface area contributed by atoms with Gasteiger partial charge in [-0.25, -0.2) is 0 Å². The van der Waals surface area contributed by atoms with Crippen molar-refractivity contribution in [2.75, 3.05) is 19.8 Å². The monoisotopic (exact) mass is 228 g/mol. The number of nitrogens with two attached hydrogens (primary N) is 1. The largest absolute Gasteiger partial charge is 0.388 e. The fraction of sp³-hybridized carbons (Fsp3) is 0.444. The van der Waals surface area contributed by atoms with Crippen LogP contribution in [0.25, 0.3) is 0 Å². The number of primary amides is 1. The van der Waals surface area contributed by atoms with Crippen molar-refractivity contribution in [1.82, 2.24) is 10.6 Å². The van der Waals surface area contributed by atoms with E-state index in [2.05, 4.69) is 5.32 Å². The molecular weight excluding hydrogens is 212 g/mol. The number of hydrogen-bond donors (Lipinski definition) is 4. The van der Waals surface area contributed by atoms with E-state index in [9.17, 15) is 9.59 Å². The van der Waals surface area contributed by atoms with Crippen LogP contribution in [0.1, 0.15) is 6.92 Å². The number of amides is 2. The molecule has 0 aromatic heterocycles. The van der Waals surface area contributed by atoms with Crippen LogP contribution < -0.4 is 16.4 Å². The van der Waals surface area contributed by atoms with Gasteiger partial charge in [0.05, 0.1) is 12.2 Å². The van der Waals surface area contributed by atoms with Crippen LogP contribution in [-0.2, 0) is 14.3 Å². The summed E-state index contributed by atoms with van der Waals surface area (Å²) in [6.07, 6.45) is 1.58. The highest BCUT2D eigenvalue weighted by atomic mass is 16.5. The second-order valence-electron chi connectivity index (χ2n) is 2.71. The van der Waals surface area contributed by atoms with Crippen LogP contribution in [0.15, 0.2) is 11.8 Å². The summed E-state index contributed by atoms with van der Waals surface area (Å²) in [5, 5.41) is 12.1. The Morgan fingerprint density at radius 1 is 1.56 bits per heavy atom. The van der Waals surface area contributed by atoms with Crippen molar-refractivity contribution in [3.63, 3.8) is 0 Å². The van der Waals surface area contributed by atoms with E-state index in [-0.39, 0.29) is 11.4 Å². The van der Waals surface area contributed by atoms with Crippen LogP contribution >= 0.6 is 0 Å². The highest BCUT2D eigenvalue weighted by Gasteiger charge is 2.10. The molecule has 0 aromatic rings. The van der Waals surface area contributed by atoms with E-state index in [1.54, 1.807) is 0 Å². The lowest BCUT2D eigenvalue weighted by molar-refractivity contribution is -0.114. The van der Waals surface area contributed by atoms with Crippen molar-refractivity contribution < 1.29 is 14.3 Å². The second-order valence-corrected chi connectivity index (χ2v) is 2.71. The quantitative estimate of drug-likeness (QED) is 0.136. The van der Waals surface area contributed by atoms with Gasteiger partial charge in [0.2, 0.25) is 6.41 Å². The maximum absolute atomic E-state index is 10.9. The van der Waals surface area contributed by atoms with Gasteiger partial charge in [-0.2, -0.15) is 0 Å². The molecule has 7 nitrogen and oxygen atoms in total. The minimum absolute atomic E-state index is 0.0939. The predicted molar refractivity (Wildman–Crippen MR) is 58.7 cm³/mol. The van der Waals surface area contributed by atoms with Crippen molar-refractivity contribution in [2.45, 2.75) is 6.92 Å². The van der Waals surface area contributed by atoms with Crippen LogP contribution in [0.4, 0.5) is 0 Å². The first-order chi connectivity index (χ1) is 7.63. The molecule has 5 N–H and O–H groups in total. The maximum atomic E-state index is 10.9. The molecule has 0 aliphatic rings. The lowest BCUT2D eigenvalue weighted by Gasteiger charge is -2.05. The topological polar surface area (TPSA) is 117 Å². The second kappa shape index (κ2) is 8.42. The molecule has 0 atom stereocenters. The van der Waals surface area contributed by atoms with Crippen LogP contribution in [0, 0.1) is 5.41 Å². The third-order valence-corrected chi connectivity index (χ3v) is 1.58. The smallest absolute Gasteiger partial charge is 0.253 e. The van der Waals surface area contributed by atoms with Crippen molar-refractivity contribution >= 4 is 18.2 Å². The lowest BCUT2D eigenvalue weighted by Crippen LogP contribution is -2.31. The average molecular weight is 228 g/mol. The van der Waals surface area contributed by atoms with Crippen molar-refractivity contribution in [3.8, 4) is 0 Å². The van der Waals surface area contributed by atoms with E-state index < -0.39 is 5.91 Å². The Balaban J connectivity index is 4.20. The minimum Gasteiger partial charge on any atom is -0.388 e. The number of amidine groups is 1. The number of hydrogen-bond acceptors (Lipinski definition) is 5. The average Bonchev–Trinajstić information content (AvgIpc) is 2.23. The molecule has 0 saturated heterocycles. The molecule has 0 heterocycles. The van der Waals surface area contributed by atoms with Crippen molar-refractivity contribution in [2.24, 2.45) is 5.73 Å². The van der Waals surface area contributed by atoms with E-state index in [0.29, 0.717) is 26.2 Å². The first-order valence-corrected chi connectivity index (χ1v) is 4.73. The van der Waals surface area contributed by atoms with Crippen LogP contribution in [-0.4, -0.2) is 37.9 Å². The Morgan fingerprint density at radius 2 is 2.25 bits per heavy atom. The van der Waals surface area contributed by atoms with Gasteiger partial charge in [0.1, 0.15) is 5.84 Å². The van der Waals surface area contributed by atoms with Crippen LogP contribution in [0.5, 0.6) is 0 Å². The Kier molecular flexibility index (Phi) is 7.43. The molecule has 0 spiro atoms. The van der Waals surface area contributed by atoms with E-state index in [4.69, 9.17) is 15.9 Å². The zero-order valence-electron chi connectivity index (χ0n) is 9.08. The van der Waals surface area contributed by atoms with E-state index in [1.807, 2.05) is 12.2 Å². The first kappa shape index (κ1) is 14.1. The zero-order valence-corrected chi connectivity index (χ0v) is 9.08. The zero-order chi connectivity index (χ0) is 12.4. The fourth-order valence-corrected chi connectivity index (χ4v) is 0.853. The number of carbonyl (C=O) groups is 2. The molecule has 0 aliphatic heterocycles. The number of carbonyl (C=O) groups excluding carboxylic acids is 2. The molecule has 0 unspecified atom stereocenters. The Bertz CT molecular complexity index is 288. The molecule has 0 saturated carbocycles. The maximum Gasteiger partial charge on any atom is 0.253 e. The standard InChI is InChI=1S/C9H16N4O3/c1-2-16-4-3-12-5-7(9(11)15)8(10)13-6-14/h5-6,12H,2-4H2,1H3,(H2,11,15)(H2,10,13,14)/b7-5+. The van der Waals surface area contributed by atoms with E-state index in [0.717, 1.165) is 0 Å². The molecule has 0 rings (SSSR count). The Morgan fingerprint density at radius 3 is 2.75 bits per heavy atom. The lowest BCUT2D eigenvalue weighted by atomic mass is 10.2. The van der Waals surface area contributed by atoms with E-state index >= 15 is 0 Å². The normalized spacial score (nSPS) is 10.7. The van der Waals surface area contributed by atoms with Crippen LogP contribution in [0.3, 0.4) is 0 Å². The number of nitrogens with one attached hydrogen (secondary N) is 3. The van der Waals surface area contributed by atoms with Gasteiger partial charge in [-0.3, -0.25) is 15.0 Å². The molecular formula is C9H16N4O3. The molecule has 2 amide bonds. The summed E-state index contributed by atoms with van der Waals surface area (Å²) in [5.74, 6) is -1.13. The predicted octanol–water partition coefficient (Wildman–Crippen LogP) is -1.30. The molecule has 0 aromatic carbocycles. The van der Waals surface area contributed by atoms with E-state index in [1.165, 1.54) is 6.20 Å². The number of rotatable bonds is 8. The molecule has 0 aliphatic carbocycles. The molecule has 90 valence electrons. The van der Waals surface area contributed by atoms with Gasteiger partial charge in [-0.05, 0) is 6.92 Å². The number of ether oxygens (including phenoxy) is 1. The summed E-state index contributed by atoms with van der Waals surface area (Å²) in [6.45, 7) is 3.44. The van der Waals surface area contributed by atoms with Gasteiger partial charge < -0.3 is 21.1 Å². The third kappa shape index (κ3) is 5.76. The Hall–Kier alpha value is -1.89. The van der Waals surface area contributed by atoms with Crippen molar-refractivity contribution in [1.29, 1.82) is 5.41 Å². The summed E-state index contributed by atoms with van der Waals surface area (Å²) in [6, 6.07) is 0. The van der Waals surface area contributed by atoms with Gasteiger partial charge in [-0.1, -0.05) is 0 Å². The third-order valence-electron chi connectivity index (χ3n) is 1.58. The first-order valence-electron chi connectivity index (χ1n) is 4.73. The fourth-order valence-electron chi connectivity index (χ4n) is 0.853. The van der Waals surface area contributed by atoms with Gasteiger partial charge in [0.25, 0.3) is 5.91 Å². The highest BCUT2D eigenvalue weighted by molar-refractivity contribution is 6.20. The summed E-state index contributed by atoms with van der Waals surface area (Å²) in [7, 11) is 0. The molecule has 0 radical (unpaired) electrons. The van der Waals surface area contributed by atoms with Gasteiger partial charge in [-0.15, -0.1) is 0 Å². The summed E-state index contributed by atoms with van der Waals surface area (Å²) in [5.41, 5.74) is 4.94. The minimum atomic E-state index is -0.789.